The van der Waals surface area contributed by atoms with Crippen LogP contribution in [0.4, 0.5) is 5.69 Å². The van der Waals surface area contributed by atoms with E-state index in [1.165, 1.54) is 44.5 Å². The van der Waals surface area contributed by atoms with Crippen molar-refractivity contribution in [2.75, 3.05) is 47.4 Å². The van der Waals surface area contributed by atoms with Crippen LogP contribution in [0.3, 0.4) is 0 Å². The minimum Gasteiger partial charge on any atom is -0.491 e. The lowest BCUT2D eigenvalue weighted by atomic mass is 9.77. The third-order valence-electron chi connectivity index (χ3n) is 15.0. The first-order chi connectivity index (χ1) is 33.2. The van der Waals surface area contributed by atoms with Crippen LogP contribution in [0.15, 0.2) is 34.4 Å². The SMILES string of the molecule is CC[C@H]1OC(=O)[C@H](C)[C@@H](O[C@H]2C[C@@](C)(OC)[C@@H](O)[C@H](C)O2)[C@H](C)[C@@H](O[C@H]2C[C@@H](N(C)CCC(C=NC[C@H](O)COc3ccc([N+](=O)[O-])cc3)=NN)C[C@@H](C)O2)[C@](C)(O)C[C@@H](C)CN(C)[C@H](C)[C@@H](O)[C@]1(C)O. The molecule has 7 N–H and O–H groups in total. The summed E-state index contributed by atoms with van der Waals surface area (Å²) in [7, 11) is 5.33. The number of benzene rings is 1. The van der Waals surface area contributed by atoms with Gasteiger partial charge in [-0.1, -0.05) is 20.8 Å². The number of methoxy groups -OCH3 is 1. The van der Waals surface area contributed by atoms with Crippen LogP contribution in [0.2, 0.25) is 0 Å². The number of aliphatic hydroxyl groups excluding tert-OH is 3. The highest BCUT2D eigenvalue weighted by atomic mass is 16.7. The second-order valence-corrected chi connectivity index (χ2v) is 21.2. The second-order valence-electron chi connectivity index (χ2n) is 21.2. The predicted octanol–water partition coefficient (Wildman–Crippen LogP) is 3.42. The standard InChI is InChI=1S/C50H86N6O15/c1-14-40-50(10,62)44(58)33(6)55(12)27-29(2)23-48(8,61)46(31(4)43(32(5)47(60)69-40)70-42-24-49(9,65-13)45(59)34(7)68-42)71-41-22-37(21-30(3)67-41)54(11)20-19-35(53-51)25-52-26-38(57)28-66-39-17-15-36(16-18-39)56(63)64/h15-18,25,29-34,37-38,40-46,57-59,61-62H,14,19-24,26-28,51H2,1-13H3/t29-,30-,31+,32-,33-,34+,37+,38+,40-,41+,42+,43+,44-,45+,46-,48-,49-,50-/m1/s1. The molecule has 3 fully saturated rings. The fourth-order valence-corrected chi connectivity index (χ4v) is 10.4. The number of ether oxygens (including phenoxy) is 7. The first-order valence-electron chi connectivity index (χ1n) is 25.1. The third kappa shape index (κ3) is 16.0. The number of rotatable bonds is 17. The number of hydrogen-bond acceptors (Lipinski definition) is 20. The summed E-state index contributed by atoms with van der Waals surface area (Å²) in [5, 5.41) is 72.7. The van der Waals surface area contributed by atoms with E-state index in [1.807, 2.05) is 39.8 Å². The Morgan fingerprint density at radius 1 is 1.03 bits per heavy atom. The summed E-state index contributed by atoms with van der Waals surface area (Å²) >= 11 is 0. The molecule has 1 aromatic carbocycles. The van der Waals surface area contributed by atoms with E-state index in [2.05, 4.69) is 15.0 Å². The quantitative estimate of drug-likeness (QED) is 0.0429. The van der Waals surface area contributed by atoms with Gasteiger partial charge in [0.1, 0.15) is 42.4 Å². The number of aliphatic imine (C=N–C) groups is 1. The van der Waals surface area contributed by atoms with E-state index in [9.17, 15) is 40.4 Å². The number of likely N-dealkylation sites (N-methyl/N-ethyl adjacent to an activating group) is 1. The van der Waals surface area contributed by atoms with Gasteiger partial charge in [0.15, 0.2) is 12.6 Å². The van der Waals surface area contributed by atoms with Crippen LogP contribution in [-0.4, -0.2) is 196 Å². The molecule has 71 heavy (non-hydrogen) atoms. The van der Waals surface area contributed by atoms with Gasteiger partial charge in [0.05, 0.1) is 58.7 Å². The maximum absolute atomic E-state index is 14.4. The maximum Gasteiger partial charge on any atom is 0.311 e. The zero-order chi connectivity index (χ0) is 53.2. The lowest BCUT2D eigenvalue weighted by Gasteiger charge is -2.48. The number of carbonyl (C=O) groups is 1. The molecule has 406 valence electrons. The first-order valence-corrected chi connectivity index (χ1v) is 25.1. The zero-order valence-electron chi connectivity index (χ0n) is 44.3. The van der Waals surface area contributed by atoms with Gasteiger partial charge in [-0.15, -0.1) is 0 Å². The molecule has 3 saturated heterocycles. The number of nitro benzene ring substituents is 1. The smallest absolute Gasteiger partial charge is 0.311 e. The number of cyclic esters (lactones) is 1. The number of hydrogen-bond donors (Lipinski definition) is 6. The van der Waals surface area contributed by atoms with Gasteiger partial charge in [-0.2, -0.15) is 5.10 Å². The van der Waals surface area contributed by atoms with Crippen molar-refractivity contribution in [2.24, 2.45) is 33.7 Å². The summed E-state index contributed by atoms with van der Waals surface area (Å²) in [5.74, 6) is 3.52. The number of hydrazone groups is 1. The highest BCUT2D eigenvalue weighted by molar-refractivity contribution is 6.30. The number of carbonyl (C=O) groups excluding carboxylic acids is 1. The summed E-state index contributed by atoms with van der Waals surface area (Å²) in [5.41, 5.74) is -4.00. The summed E-state index contributed by atoms with van der Waals surface area (Å²) in [6, 6.07) is 4.95. The van der Waals surface area contributed by atoms with Crippen LogP contribution in [-0.2, 0) is 33.2 Å². The van der Waals surface area contributed by atoms with Crippen LogP contribution < -0.4 is 10.6 Å². The number of non-ortho nitro benzene ring substituents is 1. The van der Waals surface area contributed by atoms with Gasteiger partial charge in [0, 0.05) is 75.8 Å². The molecule has 0 radical (unpaired) electrons. The topological polar surface area (TPSA) is 283 Å². The Labute approximate surface area is 420 Å². The number of esters is 1. The van der Waals surface area contributed by atoms with Crippen LogP contribution in [0, 0.1) is 27.9 Å². The number of aliphatic hydroxyl groups is 5. The molecule has 21 nitrogen and oxygen atoms in total. The fraction of sp³-hybridized carbons (Fsp3) is 0.820. The van der Waals surface area contributed by atoms with E-state index in [4.69, 9.17) is 39.0 Å². The zero-order valence-corrected chi connectivity index (χ0v) is 44.3. The molecule has 3 aliphatic rings. The Hall–Kier alpha value is -3.45. The summed E-state index contributed by atoms with van der Waals surface area (Å²) in [6.45, 7) is 18.6. The molecular weight excluding hydrogens is 925 g/mol. The molecule has 0 bridgehead atoms. The van der Waals surface area contributed by atoms with E-state index in [1.54, 1.807) is 41.5 Å². The van der Waals surface area contributed by atoms with E-state index >= 15 is 0 Å². The van der Waals surface area contributed by atoms with Crippen LogP contribution in [0.1, 0.15) is 108 Å². The number of nitro groups is 1. The van der Waals surface area contributed by atoms with Crippen LogP contribution in [0.25, 0.3) is 0 Å². The summed E-state index contributed by atoms with van der Waals surface area (Å²) < 4.78 is 44.0. The molecule has 0 unspecified atom stereocenters. The molecular formula is C50H86N6O15. The summed E-state index contributed by atoms with van der Waals surface area (Å²) in [4.78, 5) is 33.3. The predicted molar refractivity (Wildman–Crippen MR) is 266 cm³/mol. The molecule has 0 spiro atoms. The van der Waals surface area contributed by atoms with Gasteiger partial charge in [0.2, 0.25) is 0 Å². The molecule has 4 rings (SSSR count). The van der Waals surface area contributed by atoms with Crippen molar-refractivity contribution in [1.82, 2.24) is 9.80 Å². The minimum atomic E-state index is -1.83. The molecule has 0 amide bonds. The Kier molecular flexibility index (Phi) is 22.1. The largest absolute Gasteiger partial charge is 0.491 e. The molecule has 0 aliphatic carbocycles. The maximum atomic E-state index is 14.4. The Morgan fingerprint density at radius 2 is 1.69 bits per heavy atom. The van der Waals surface area contributed by atoms with Gasteiger partial charge in [-0.3, -0.25) is 19.9 Å². The van der Waals surface area contributed by atoms with E-state index in [0.29, 0.717) is 43.8 Å². The van der Waals surface area contributed by atoms with Crippen molar-refractivity contribution < 1.29 is 68.4 Å². The van der Waals surface area contributed by atoms with E-state index < -0.39 is 101 Å². The van der Waals surface area contributed by atoms with Crippen LogP contribution >= 0.6 is 0 Å². The lowest BCUT2D eigenvalue weighted by molar-refractivity contribution is -0.384. The molecule has 0 aromatic heterocycles. The van der Waals surface area contributed by atoms with Crippen molar-refractivity contribution >= 4 is 23.6 Å². The van der Waals surface area contributed by atoms with Gasteiger partial charge in [-0.25, -0.2) is 0 Å². The lowest BCUT2D eigenvalue weighted by Crippen LogP contribution is -2.59. The molecule has 18 atom stereocenters. The Balaban J connectivity index is 1.58. The van der Waals surface area contributed by atoms with Crippen molar-refractivity contribution in [3.63, 3.8) is 0 Å². The number of nitrogens with two attached hydrogens (primary N) is 1. The van der Waals surface area contributed by atoms with Gasteiger partial charge >= 0.3 is 5.97 Å². The molecule has 3 aliphatic heterocycles. The van der Waals surface area contributed by atoms with Crippen molar-refractivity contribution in [3.8, 4) is 5.75 Å². The second kappa shape index (κ2) is 26.2. The van der Waals surface area contributed by atoms with Gasteiger partial charge in [-0.05, 0) is 99.9 Å². The first kappa shape index (κ1) is 60.1. The molecule has 1 aromatic rings. The average molecular weight is 1010 g/mol. The molecule has 0 saturated carbocycles. The average Bonchev–Trinajstić information content (AvgIpc) is 3.31. The van der Waals surface area contributed by atoms with Crippen LogP contribution in [0.5, 0.6) is 5.75 Å². The third-order valence-corrected chi connectivity index (χ3v) is 15.0. The van der Waals surface area contributed by atoms with E-state index in [-0.39, 0.29) is 56.2 Å². The Bertz CT molecular complexity index is 1890. The van der Waals surface area contributed by atoms with Crippen molar-refractivity contribution in [2.45, 2.75) is 198 Å². The monoisotopic (exact) mass is 1010 g/mol. The van der Waals surface area contributed by atoms with Crippen molar-refractivity contribution in [3.05, 3.63) is 34.4 Å². The Morgan fingerprint density at radius 3 is 2.30 bits per heavy atom. The molecule has 3 heterocycles. The molecule has 21 heteroatoms. The highest BCUT2D eigenvalue weighted by Gasteiger charge is 2.52. The number of nitrogens with zero attached hydrogens (tertiary/aromatic N) is 5. The minimum absolute atomic E-state index is 0.00904. The van der Waals surface area contributed by atoms with Gasteiger partial charge < -0.3 is 74.3 Å². The highest BCUT2D eigenvalue weighted by Crippen LogP contribution is 2.40. The summed E-state index contributed by atoms with van der Waals surface area (Å²) in [6.07, 6.45) is -5.47. The van der Waals surface area contributed by atoms with Crippen molar-refractivity contribution in [1.29, 1.82) is 0 Å². The van der Waals surface area contributed by atoms with Gasteiger partial charge in [0.25, 0.3) is 5.69 Å². The van der Waals surface area contributed by atoms with E-state index in [0.717, 1.165) is 0 Å². The normalized spacial score (nSPS) is 39.1. The fourth-order valence-electron chi connectivity index (χ4n) is 10.4.